The maximum Gasteiger partial charge on any atom is 0.114 e. The smallest absolute Gasteiger partial charge is 0.114 e. The zero-order valence-electron chi connectivity index (χ0n) is 14.4. The maximum absolute atomic E-state index is 9.77. The van der Waals surface area contributed by atoms with E-state index in [-0.39, 0.29) is 13.2 Å². The van der Waals surface area contributed by atoms with Gasteiger partial charge in [0.25, 0.3) is 0 Å². The van der Waals surface area contributed by atoms with Crippen LogP contribution in [0.4, 0.5) is 0 Å². The number of aliphatic hydroxyl groups excluding tert-OH is 3. The van der Waals surface area contributed by atoms with Gasteiger partial charge in [0.15, 0.2) is 0 Å². The number of hydrogen-bond donors (Lipinski definition) is 3. The van der Waals surface area contributed by atoms with Crippen molar-refractivity contribution in [2.75, 3.05) is 19.8 Å². The minimum Gasteiger partial charge on any atom is -0.394 e. The summed E-state index contributed by atoms with van der Waals surface area (Å²) in [5.74, 6) is 0. The van der Waals surface area contributed by atoms with Gasteiger partial charge in [0, 0.05) is 6.61 Å². The molecule has 0 saturated carbocycles. The molecule has 5 nitrogen and oxygen atoms in total. The van der Waals surface area contributed by atoms with Gasteiger partial charge < -0.3 is 24.8 Å². The lowest BCUT2D eigenvalue weighted by Crippen LogP contribution is -2.42. The first-order valence-electron chi connectivity index (χ1n) is 9.05. The van der Waals surface area contributed by atoms with Crippen LogP contribution in [-0.4, -0.2) is 59.6 Å². The Labute approximate surface area is 140 Å². The van der Waals surface area contributed by atoms with Crippen molar-refractivity contribution in [3.63, 3.8) is 0 Å². The standard InChI is InChI=1S/C18H34O5/c1-2-3-4-5-6-7-8-9-10-11-12-22-16(13-19)18-17(21)15(20)14-23-18/h3-4,15-21H,2,5-14H2,1H3/b4-3+/t15-,16+,17-,18-/m1/s1. The van der Waals surface area contributed by atoms with Crippen LogP contribution in [0.5, 0.6) is 0 Å². The van der Waals surface area contributed by atoms with Crippen molar-refractivity contribution in [2.24, 2.45) is 0 Å². The molecule has 23 heavy (non-hydrogen) atoms. The van der Waals surface area contributed by atoms with Crippen molar-refractivity contribution in [1.82, 2.24) is 0 Å². The Morgan fingerprint density at radius 3 is 2.39 bits per heavy atom. The third-order valence-corrected chi connectivity index (χ3v) is 4.24. The van der Waals surface area contributed by atoms with Crippen molar-refractivity contribution in [3.8, 4) is 0 Å². The highest BCUT2D eigenvalue weighted by atomic mass is 16.6. The Balaban J connectivity index is 1.98. The first-order valence-corrected chi connectivity index (χ1v) is 9.05. The van der Waals surface area contributed by atoms with Crippen LogP contribution in [0.15, 0.2) is 12.2 Å². The zero-order chi connectivity index (χ0) is 16.9. The molecule has 1 aliphatic heterocycles. The van der Waals surface area contributed by atoms with Crippen LogP contribution in [0.1, 0.15) is 58.3 Å². The molecule has 5 heteroatoms. The zero-order valence-corrected chi connectivity index (χ0v) is 14.4. The SMILES string of the molecule is CC/C=C/CCCCCCCCO[C@@H](CO)[C@H]1OC[C@@H](O)[C@H]1O. The number of unbranched alkanes of at least 4 members (excludes halogenated alkanes) is 6. The molecule has 0 bridgehead atoms. The molecule has 0 aromatic heterocycles. The lowest BCUT2D eigenvalue weighted by Gasteiger charge is -2.24. The summed E-state index contributed by atoms with van der Waals surface area (Å²) in [6.07, 6.45) is 10.8. The highest BCUT2D eigenvalue weighted by Crippen LogP contribution is 2.19. The van der Waals surface area contributed by atoms with Crippen molar-refractivity contribution >= 4 is 0 Å². The monoisotopic (exact) mass is 330 g/mol. The first-order chi connectivity index (χ1) is 11.2. The summed E-state index contributed by atoms with van der Waals surface area (Å²) >= 11 is 0. The molecule has 1 rings (SSSR count). The van der Waals surface area contributed by atoms with Crippen LogP contribution in [0.2, 0.25) is 0 Å². The van der Waals surface area contributed by atoms with E-state index in [1.807, 2.05) is 0 Å². The Kier molecular flexibility index (Phi) is 11.5. The van der Waals surface area contributed by atoms with Gasteiger partial charge in [0.2, 0.25) is 0 Å². The molecular formula is C18H34O5. The number of allylic oxidation sites excluding steroid dienone is 2. The van der Waals surface area contributed by atoms with Crippen molar-refractivity contribution in [3.05, 3.63) is 12.2 Å². The summed E-state index contributed by atoms with van der Waals surface area (Å²) in [4.78, 5) is 0. The fourth-order valence-electron chi connectivity index (χ4n) is 2.80. The van der Waals surface area contributed by atoms with Gasteiger partial charge in [-0.05, 0) is 25.7 Å². The van der Waals surface area contributed by atoms with Gasteiger partial charge in [-0.3, -0.25) is 0 Å². The summed E-state index contributed by atoms with van der Waals surface area (Å²) in [6.45, 7) is 2.59. The van der Waals surface area contributed by atoms with E-state index in [0.29, 0.717) is 6.61 Å². The minimum atomic E-state index is -0.978. The van der Waals surface area contributed by atoms with Crippen molar-refractivity contribution in [1.29, 1.82) is 0 Å². The summed E-state index contributed by atoms with van der Waals surface area (Å²) in [5, 5.41) is 28.6. The van der Waals surface area contributed by atoms with Gasteiger partial charge in [-0.15, -0.1) is 0 Å². The van der Waals surface area contributed by atoms with Gasteiger partial charge in [-0.25, -0.2) is 0 Å². The minimum absolute atomic E-state index is 0.0964. The molecule has 0 unspecified atom stereocenters. The molecule has 0 aliphatic carbocycles. The molecule has 0 radical (unpaired) electrons. The topological polar surface area (TPSA) is 79.2 Å². The molecule has 1 saturated heterocycles. The molecule has 1 heterocycles. The highest BCUT2D eigenvalue weighted by Gasteiger charge is 2.40. The third kappa shape index (κ3) is 8.27. The second kappa shape index (κ2) is 12.9. The van der Waals surface area contributed by atoms with E-state index < -0.39 is 24.4 Å². The van der Waals surface area contributed by atoms with Crippen LogP contribution < -0.4 is 0 Å². The predicted molar refractivity (Wildman–Crippen MR) is 90.3 cm³/mol. The van der Waals surface area contributed by atoms with Crippen molar-refractivity contribution in [2.45, 2.75) is 82.7 Å². The molecular weight excluding hydrogens is 296 g/mol. The predicted octanol–water partition coefficient (Wildman–Crippen LogP) is 2.18. The summed E-state index contributed by atoms with van der Waals surface area (Å²) in [6, 6.07) is 0. The normalized spacial score (nSPS) is 26.2. The van der Waals surface area contributed by atoms with Crippen LogP contribution in [0, 0.1) is 0 Å². The fourth-order valence-corrected chi connectivity index (χ4v) is 2.80. The van der Waals surface area contributed by atoms with Crippen LogP contribution >= 0.6 is 0 Å². The highest BCUT2D eigenvalue weighted by molar-refractivity contribution is 4.88. The average molecular weight is 330 g/mol. The lowest BCUT2D eigenvalue weighted by molar-refractivity contribution is -0.101. The number of rotatable bonds is 13. The molecule has 0 aromatic rings. The lowest BCUT2D eigenvalue weighted by atomic mass is 10.1. The Morgan fingerprint density at radius 2 is 1.78 bits per heavy atom. The fraction of sp³-hybridized carbons (Fsp3) is 0.889. The molecule has 0 amide bonds. The van der Waals surface area contributed by atoms with Crippen LogP contribution in [0.25, 0.3) is 0 Å². The van der Waals surface area contributed by atoms with E-state index in [1.165, 1.54) is 32.1 Å². The van der Waals surface area contributed by atoms with Gasteiger partial charge in [-0.2, -0.15) is 0 Å². The van der Waals surface area contributed by atoms with E-state index in [0.717, 1.165) is 19.3 Å². The molecule has 0 aromatic carbocycles. The van der Waals surface area contributed by atoms with Gasteiger partial charge in [-0.1, -0.05) is 44.8 Å². The first kappa shape index (κ1) is 20.6. The van der Waals surface area contributed by atoms with E-state index in [1.54, 1.807) is 0 Å². The van der Waals surface area contributed by atoms with Crippen LogP contribution in [-0.2, 0) is 9.47 Å². The van der Waals surface area contributed by atoms with E-state index in [9.17, 15) is 15.3 Å². The van der Waals surface area contributed by atoms with Crippen molar-refractivity contribution < 1.29 is 24.8 Å². The largest absolute Gasteiger partial charge is 0.394 e. The quantitative estimate of drug-likeness (QED) is 0.356. The molecule has 1 fully saturated rings. The summed E-state index contributed by atoms with van der Waals surface area (Å²) < 4.78 is 10.9. The van der Waals surface area contributed by atoms with E-state index >= 15 is 0 Å². The Bertz CT molecular complexity index is 308. The Morgan fingerprint density at radius 1 is 1.09 bits per heavy atom. The van der Waals surface area contributed by atoms with Gasteiger partial charge in [0.05, 0.1) is 13.2 Å². The maximum atomic E-state index is 9.77. The van der Waals surface area contributed by atoms with Gasteiger partial charge in [0.1, 0.15) is 24.4 Å². The number of ether oxygens (including phenoxy) is 2. The van der Waals surface area contributed by atoms with E-state index in [4.69, 9.17) is 9.47 Å². The van der Waals surface area contributed by atoms with Crippen LogP contribution in [0.3, 0.4) is 0 Å². The molecule has 136 valence electrons. The summed E-state index contributed by atoms with van der Waals surface area (Å²) in [7, 11) is 0. The average Bonchev–Trinajstić information content (AvgIpc) is 2.88. The second-order valence-electron chi connectivity index (χ2n) is 6.24. The van der Waals surface area contributed by atoms with Gasteiger partial charge >= 0.3 is 0 Å². The third-order valence-electron chi connectivity index (χ3n) is 4.24. The summed E-state index contributed by atoms with van der Waals surface area (Å²) in [5.41, 5.74) is 0. The Hall–Kier alpha value is -0.460. The molecule has 1 aliphatic rings. The molecule has 3 N–H and O–H groups in total. The number of aliphatic hydroxyl groups is 3. The molecule has 0 spiro atoms. The number of hydrogen-bond acceptors (Lipinski definition) is 5. The molecule has 4 atom stereocenters. The second-order valence-corrected chi connectivity index (χ2v) is 6.24. The van der Waals surface area contributed by atoms with E-state index in [2.05, 4.69) is 19.1 Å².